The lowest BCUT2D eigenvalue weighted by Gasteiger charge is -2.57. The molecule has 0 N–H and O–H groups in total. The lowest BCUT2D eigenvalue weighted by Crippen LogP contribution is -2.55. The van der Waals surface area contributed by atoms with Crippen molar-refractivity contribution in [1.29, 1.82) is 0 Å². The Morgan fingerprint density at radius 3 is 2.77 bits per heavy atom. The van der Waals surface area contributed by atoms with E-state index in [2.05, 4.69) is 13.8 Å². The van der Waals surface area contributed by atoms with Gasteiger partial charge in [0.1, 0.15) is 12.3 Å². The highest BCUT2D eigenvalue weighted by atomic mass is 35.5. The van der Waals surface area contributed by atoms with Crippen molar-refractivity contribution in [3.63, 3.8) is 0 Å². The third-order valence-corrected chi connectivity index (χ3v) is 8.01. The van der Waals surface area contributed by atoms with Crippen molar-refractivity contribution in [2.75, 3.05) is 0 Å². The van der Waals surface area contributed by atoms with Gasteiger partial charge in [-0.2, -0.15) is 0 Å². The van der Waals surface area contributed by atoms with Gasteiger partial charge in [-0.1, -0.05) is 31.5 Å². The van der Waals surface area contributed by atoms with Crippen molar-refractivity contribution >= 4 is 23.4 Å². The molecule has 0 aromatic carbocycles. The molecule has 4 aliphatic carbocycles. The van der Waals surface area contributed by atoms with E-state index in [-0.39, 0.29) is 41.0 Å². The summed E-state index contributed by atoms with van der Waals surface area (Å²) in [6, 6.07) is 0. The highest BCUT2D eigenvalue weighted by Crippen LogP contribution is 2.65. The molecule has 0 bridgehead atoms. The Balaban J connectivity index is 1.77. The molecule has 142 valence electrons. The topological polar surface area (TPSA) is 43.4 Å². The Morgan fingerprint density at radius 1 is 1.35 bits per heavy atom. The lowest BCUT2D eigenvalue weighted by molar-refractivity contribution is -0.159. The second-order valence-electron chi connectivity index (χ2n) is 9.07. The molecule has 0 radical (unpaired) electrons. The second kappa shape index (κ2) is 5.92. The normalized spacial score (nSPS) is 47.3. The molecule has 7 atom stereocenters. The molecule has 5 heteroatoms. The predicted octanol–water partition coefficient (Wildman–Crippen LogP) is 4.74. The smallest absolute Gasteiger partial charge is 0.302 e. The van der Waals surface area contributed by atoms with Crippen molar-refractivity contribution in [3.05, 3.63) is 22.8 Å². The maximum atomic E-state index is 15.6. The molecule has 0 aliphatic heterocycles. The van der Waals surface area contributed by atoms with Crippen molar-refractivity contribution in [2.45, 2.75) is 65.2 Å². The summed E-state index contributed by atoms with van der Waals surface area (Å²) in [5.41, 5.74) is 0.0598. The summed E-state index contributed by atoms with van der Waals surface area (Å²) >= 11 is 6.60. The second-order valence-corrected chi connectivity index (χ2v) is 9.47. The monoisotopic (exact) mass is 380 g/mol. The van der Waals surface area contributed by atoms with Crippen LogP contribution in [0.3, 0.4) is 0 Å². The summed E-state index contributed by atoms with van der Waals surface area (Å²) in [6.07, 6.45) is 5.60. The van der Waals surface area contributed by atoms with Crippen LogP contribution in [0.15, 0.2) is 22.8 Å². The van der Waals surface area contributed by atoms with Gasteiger partial charge in [0.15, 0.2) is 5.78 Å². The quantitative estimate of drug-likeness (QED) is 0.617. The Kier molecular flexibility index (Phi) is 4.15. The van der Waals surface area contributed by atoms with Gasteiger partial charge in [0.25, 0.3) is 0 Å². The zero-order chi connectivity index (χ0) is 18.9. The van der Waals surface area contributed by atoms with Gasteiger partial charge in [-0.3, -0.25) is 9.59 Å². The minimum Gasteiger partial charge on any atom is -0.462 e. The average Bonchev–Trinajstić information content (AvgIpc) is 2.84. The Labute approximate surface area is 159 Å². The maximum absolute atomic E-state index is 15.6. The van der Waals surface area contributed by atoms with Crippen molar-refractivity contribution in [2.24, 2.45) is 28.6 Å². The molecule has 0 aromatic heterocycles. The number of allylic oxidation sites excluding steroid dienone is 4. The lowest BCUT2D eigenvalue weighted by atomic mass is 9.48. The average molecular weight is 381 g/mol. The summed E-state index contributed by atoms with van der Waals surface area (Å²) in [6.45, 7) is 5.57. The van der Waals surface area contributed by atoms with Crippen LogP contribution in [-0.4, -0.2) is 24.0 Å². The summed E-state index contributed by atoms with van der Waals surface area (Å²) in [7, 11) is 0. The summed E-state index contributed by atoms with van der Waals surface area (Å²) in [5, 5.41) is 0.606. The third-order valence-electron chi connectivity index (χ3n) is 7.68. The van der Waals surface area contributed by atoms with Crippen LogP contribution in [0.1, 0.15) is 52.9 Å². The molecule has 0 amide bonds. The number of carbonyl (C=O) groups excluding carboxylic acids is 2. The van der Waals surface area contributed by atoms with E-state index in [1.807, 2.05) is 6.08 Å². The number of carbonyl (C=O) groups is 2. The van der Waals surface area contributed by atoms with Gasteiger partial charge in [0.05, 0.1) is 0 Å². The van der Waals surface area contributed by atoms with Crippen molar-refractivity contribution in [3.8, 4) is 0 Å². The Morgan fingerprint density at radius 2 is 2.08 bits per heavy atom. The van der Waals surface area contributed by atoms with Crippen LogP contribution in [0.2, 0.25) is 0 Å². The van der Waals surface area contributed by atoms with Gasteiger partial charge in [0.2, 0.25) is 0 Å². The largest absolute Gasteiger partial charge is 0.462 e. The van der Waals surface area contributed by atoms with E-state index in [9.17, 15) is 9.59 Å². The van der Waals surface area contributed by atoms with Crippen LogP contribution < -0.4 is 0 Å². The molecule has 0 aromatic rings. The van der Waals surface area contributed by atoms with E-state index in [1.54, 1.807) is 6.08 Å². The fourth-order valence-electron chi connectivity index (χ4n) is 6.48. The fourth-order valence-corrected chi connectivity index (χ4v) is 6.90. The number of rotatable bonds is 1. The Hall–Kier alpha value is -1.16. The van der Waals surface area contributed by atoms with Crippen LogP contribution in [0.5, 0.6) is 0 Å². The van der Waals surface area contributed by atoms with E-state index in [0.717, 1.165) is 18.4 Å². The zero-order valence-corrected chi connectivity index (χ0v) is 16.3. The van der Waals surface area contributed by atoms with E-state index in [1.165, 1.54) is 6.92 Å². The molecular formula is C21H26ClFO3. The first-order valence-electron chi connectivity index (χ1n) is 9.61. The van der Waals surface area contributed by atoms with Crippen LogP contribution in [0, 0.1) is 28.6 Å². The molecule has 4 rings (SSSR count). The number of alkyl halides is 1. The van der Waals surface area contributed by atoms with Gasteiger partial charge in [-0.15, -0.1) is 0 Å². The van der Waals surface area contributed by atoms with Crippen molar-refractivity contribution in [1.82, 2.24) is 0 Å². The number of hydrogen-bond donors (Lipinski definition) is 0. The molecule has 26 heavy (non-hydrogen) atoms. The molecule has 2 fully saturated rings. The van der Waals surface area contributed by atoms with Crippen LogP contribution in [-0.2, 0) is 14.3 Å². The maximum Gasteiger partial charge on any atom is 0.302 e. The molecular weight excluding hydrogens is 355 g/mol. The summed E-state index contributed by atoms with van der Waals surface area (Å²) < 4.78 is 21.2. The molecule has 0 heterocycles. The van der Waals surface area contributed by atoms with Gasteiger partial charge in [0, 0.05) is 35.1 Å². The number of ketones is 1. The van der Waals surface area contributed by atoms with Crippen LogP contribution in [0.25, 0.3) is 0 Å². The van der Waals surface area contributed by atoms with Gasteiger partial charge in [-0.25, -0.2) is 4.39 Å². The van der Waals surface area contributed by atoms with Crippen LogP contribution >= 0.6 is 11.6 Å². The summed E-state index contributed by atoms with van der Waals surface area (Å²) in [4.78, 5) is 23.4. The molecule has 4 aliphatic rings. The molecule has 0 saturated heterocycles. The first-order chi connectivity index (χ1) is 12.2. The van der Waals surface area contributed by atoms with E-state index in [0.29, 0.717) is 24.3 Å². The number of fused-ring (bicyclic) bond motifs is 5. The first kappa shape index (κ1) is 18.2. The van der Waals surface area contributed by atoms with Crippen molar-refractivity contribution < 1.29 is 18.7 Å². The van der Waals surface area contributed by atoms with E-state index >= 15 is 4.39 Å². The first-order valence-corrected chi connectivity index (χ1v) is 9.98. The van der Waals surface area contributed by atoms with E-state index in [4.69, 9.17) is 16.3 Å². The van der Waals surface area contributed by atoms with Crippen LogP contribution in [0.4, 0.5) is 4.39 Å². The highest BCUT2D eigenvalue weighted by Gasteiger charge is 2.63. The number of hydrogen-bond acceptors (Lipinski definition) is 3. The zero-order valence-electron chi connectivity index (χ0n) is 15.6. The standard InChI is InChI=1S/C21H26ClFO3/c1-11(24)26-18-5-4-14-13-9-16(22)15-8-12(25)6-7-20(15,2)19(13)17(23)10-21(14,18)3/h8-9,13-14,17-19H,4-7,10H2,1-3H3/t13-,14-,17-,18-,19+,20-,21-/m0/s1. The van der Waals surface area contributed by atoms with Gasteiger partial charge < -0.3 is 4.74 Å². The number of halogens is 2. The Bertz CT molecular complexity index is 729. The highest BCUT2D eigenvalue weighted by molar-refractivity contribution is 6.32. The third kappa shape index (κ3) is 2.44. The summed E-state index contributed by atoms with van der Waals surface area (Å²) in [5.74, 6) is -0.122. The van der Waals surface area contributed by atoms with Gasteiger partial charge >= 0.3 is 5.97 Å². The molecule has 0 unspecified atom stereocenters. The van der Waals surface area contributed by atoms with Gasteiger partial charge in [-0.05, 0) is 49.2 Å². The minimum atomic E-state index is -1.000. The molecule has 3 nitrogen and oxygen atoms in total. The minimum absolute atomic E-state index is 0.0205. The predicted molar refractivity (Wildman–Crippen MR) is 97.2 cm³/mol. The molecule has 0 spiro atoms. The number of esters is 1. The number of ether oxygens (including phenoxy) is 1. The molecule has 2 saturated carbocycles. The SMILES string of the molecule is CC(=O)O[C@H]1CC[C@H]2[C@@H]3C=C(Cl)C4=CC(=O)CC[C@]4(C)[C@H]3[C@@H](F)C[C@]12C. The fraction of sp³-hybridized carbons (Fsp3) is 0.714. The van der Waals surface area contributed by atoms with E-state index < -0.39 is 11.6 Å².